The topological polar surface area (TPSA) is 105 Å². The third kappa shape index (κ3) is 5.52. The SMILES string of the molecule is CC1(C)CC[C@H]1N(CC(=O)c1c(Cl)cncc1Cl)C(=O)c1cnn([C@H]2CC[C@](C)(C(=O)O)CC2)c1C(F)(F)F. The molecule has 1 N–H and O–H groups in total. The van der Waals surface area contributed by atoms with Gasteiger partial charge in [-0.25, -0.2) is 0 Å². The number of aliphatic carboxylic acids is 1. The summed E-state index contributed by atoms with van der Waals surface area (Å²) in [6, 6.07) is -1.22. The Kier molecular flexibility index (Phi) is 7.81. The lowest BCUT2D eigenvalue weighted by Crippen LogP contribution is -2.56. The van der Waals surface area contributed by atoms with Crippen LogP contribution in [0.25, 0.3) is 0 Å². The highest BCUT2D eigenvalue weighted by Gasteiger charge is 2.49. The molecule has 1 amide bonds. The van der Waals surface area contributed by atoms with Crippen molar-refractivity contribution in [3.8, 4) is 0 Å². The molecule has 0 saturated heterocycles. The van der Waals surface area contributed by atoms with Crippen LogP contribution in [0.3, 0.4) is 0 Å². The van der Waals surface area contributed by atoms with Crippen molar-refractivity contribution >= 4 is 40.9 Å². The van der Waals surface area contributed by atoms with E-state index in [1.807, 2.05) is 13.8 Å². The number of hydrogen-bond donors (Lipinski definition) is 1. The van der Waals surface area contributed by atoms with E-state index in [-0.39, 0.29) is 41.3 Å². The number of alkyl halides is 3. The van der Waals surface area contributed by atoms with Crippen molar-refractivity contribution in [3.05, 3.63) is 45.5 Å². The van der Waals surface area contributed by atoms with Crippen LogP contribution in [0.15, 0.2) is 18.6 Å². The number of carboxylic acids is 1. The second-order valence-electron chi connectivity index (χ2n) is 11.3. The Hall–Kier alpha value is -2.66. The summed E-state index contributed by atoms with van der Waals surface area (Å²) < 4.78 is 44.2. The molecule has 13 heteroatoms. The summed E-state index contributed by atoms with van der Waals surface area (Å²) in [7, 11) is 0. The number of halogens is 5. The predicted octanol–water partition coefficient (Wildman–Crippen LogP) is 6.32. The molecule has 0 aromatic carbocycles. The van der Waals surface area contributed by atoms with Crippen molar-refractivity contribution in [1.29, 1.82) is 0 Å². The molecule has 2 aromatic rings. The summed E-state index contributed by atoms with van der Waals surface area (Å²) >= 11 is 12.3. The Morgan fingerprint density at radius 1 is 1.05 bits per heavy atom. The number of pyridine rings is 1. The highest BCUT2D eigenvalue weighted by Crippen LogP contribution is 2.46. The maximum Gasteiger partial charge on any atom is 0.433 e. The molecular formula is C26H29Cl2F3N4O4. The molecule has 0 radical (unpaired) electrons. The van der Waals surface area contributed by atoms with Gasteiger partial charge in [-0.3, -0.25) is 24.0 Å². The van der Waals surface area contributed by atoms with Crippen molar-refractivity contribution < 1.29 is 32.7 Å². The molecule has 2 fully saturated rings. The molecule has 0 bridgehead atoms. The average molecular weight is 589 g/mol. The molecule has 1 atom stereocenters. The van der Waals surface area contributed by atoms with Gasteiger partial charge in [-0.05, 0) is 50.9 Å². The minimum atomic E-state index is -4.92. The average Bonchev–Trinajstić information content (AvgIpc) is 3.29. The minimum absolute atomic E-state index is 0.0257. The number of Topliss-reactive ketones (excluding diaryl/α,β-unsaturated/α-hetero) is 1. The molecule has 4 rings (SSSR count). The first-order chi connectivity index (χ1) is 18.1. The fourth-order valence-electron chi connectivity index (χ4n) is 5.59. The Labute approximate surface area is 233 Å². The molecule has 0 aliphatic heterocycles. The van der Waals surface area contributed by atoms with Gasteiger partial charge in [0.2, 0.25) is 0 Å². The first kappa shape index (κ1) is 29.3. The van der Waals surface area contributed by atoms with Crippen molar-refractivity contribution in [2.45, 2.75) is 77.6 Å². The highest BCUT2D eigenvalue weighted by molar-refractivity contribution is 6.39. The Morgan fingerprint density at radius 3 is 2.10 bits per heavy atom. The van der Waals surface area contributed by atoms with E-state index in [2.05, 4.69) is 10.1 Å². The predicted molar refractivity (Wildman–Crippen MR) is 137 cm³/mol. The van der Waals surface area contributed by atoms with E-state index in [9.17, 15) is 32.7 Å². The Bertz CT molecular complexity index is 1280. The van der Waals surface area contributed by atoms with E-state index in [1.54, 1.807) is 6.92 Å². The second-order valence-corrected chi connectivity index (χ2v) is 12.1. The monoisotopic (exact) mass is 588 g/mol. The highest BCUT2D eigenvalue weighted by atomic mass is 35.5. The van der Waals surface area contributed by atoms with Gasteiger partial charge in [-0.15, -0.1) is 0 Å². The number of aromatic nitrogens is 3. The molecule has 2 saturated carbocycles. The number of ketones is 1. The van der Waals surface area contributed by atoms with Crippen LogP contribution in [0.5, 0.6) is 0 Å². The van der Waals surface area contributed by atoms with Gasteiger partial charge < -0.3 is 10.0 Å². The first-order valence-electron chi connectivity index (χ1n) is 12.6. The summed E-state index contributed by atoms with van der Waals surface area (Å²) in [6.45, 7) is 4.81. The molecular weight excluding hydrogens is 560 g/mol. The summed E-state index contributed by atoms with van der Waals surface area (Å²) in [4.78, 5) is 43.7. The third-order valence-corrected chi connectivity index (χ3v) is 8.84. The summed E-state index contributed by atoms with van der Waals surface area (Å²) in [5.41, 5.74) is -3.37. The lowest BCUT2D eigenvalue weighted by atomic mass is 9.66. The molecule has 2 aliphatic carbocycles. The number of hydrogen-bond acceptors (Lipinski definition) is 5. The molecule has 2 heterocycles. The van der Waals surface area contributed by atoms with Crippen LogP contribution in [0.1, 0.15) is 91.7 Å². The largest absolute Gasteiger partial charge is 0.481 e. The van der Waals surface area contributed by atoms with E-state index in [0.29, 0.717) is 6.42 Å². The van der Waals surface area contributed by atoms with Crippen LogP contribution in [0.2, 0.25) is 10.0 Å². The van der Waals surface area contributed by atoms with E-state index in [0.717, 1.165) is 22.2 Å². The van der Waals surface area contributed by atoms with Crippen molar-refractivity contribution in [2.24, 2.45) is 10.8 Å². The fraction of sp³-hybridized carbons (Fsp3) is 0.577. The lowest BCUT2D eigenvalue weighted by Gasteiger charge is -2.50. The van der Waals surface area contributed by atoms with E-state index < -0.39 is 64.6 Å². The van der Waals surface area contributed by atoms with Gasteiger partial charge in [-0.2, -0.15) is 18.3 Å². The Morgan fingerprint density at radius 2 is 1.64 bits per heavy atom. The minimum Gasteiger partial charge on any atom is -0.481 e. The van der Waals surface area contributed by atoms with Crippen molar-refractivity contribution in [1.82, 2.24) is 19.7 Å². The standard InChI is InChI=1S/C26H29Cl2F3N4O4/c1-24(2)7-6-19(24)34(13-18(36)20-16(27)11-32-12-17(20)28)22(37)15-10-33-35(21(15)26(29,30)31)14-4-8-25(3,9-5-14)23(38)39/h10-12,14,19H,4-9,13H2,1-3H3,(H,38,39)/t14-,19-,25-/m1/s1. The number of amides is 1. The lowest BCUT2D eigenvalue weighted by molar-refractivity contribution is -0.152. The van der Waals surface area contributed by atoms with E-state index in [1.165, 1.54) is 12.4 Å². The molecule has 0 unspecified atom stereocenters. The van der Waals surface area contributed by atoms with Gasteiger partial charge in [-0.1, -0.05) is 37.0 Å². The van der Waals surface area contributed by atoms with Crippen molar-refractivity contribution in [2.75, 3.05) is 6.54 Å². The summed E-state index contributed by atoms with van der Waals surface area (Å²) in [5.74, 6) is -2.58. The maximum absolute atomic E-state index is 14.4. The number of carbonyl (C=O) groups is 3. The Balaban J connectivity index is 1.70. The number of nitrogens with zero attached hydrogens (tertiary/aromatic N) is 4. The van der Waals surface area contributed by atoms with Gasteiger partial charge in [0.05, 0.1) is 45.4 Å². The molecule has 2 aromatic heterocycles. The van der Waals surface area contributed by atoms with Crippen LogP contribution in [0.4, 0.5) is 13.2 Å². The molecule has 8 nitrogen and oxygen atoms in total. The molecule has 2 aliphatic rings. The number of carbonyl (C=O) groups excluding carboxylic acids is 2. The van der Waals surface area contributed by atoms with Crippen molar-refractivity contribution in [3.63, 3.8) is 0 Å². The van der Waals surface area contributed by atoms with Gasteiger partial charge in [0, 0.05) is 18.4 Å². The first-order valence-corrected chi connectivity index (χ1v) is 13.3. The van der Waals surface area contributed by atoms with Gasteiger partial charge in [0.1, 0.15) is 0 Å². The molecule has 39 heavy (non-hydrogen) atoms. The zero-order valence-electron chi connectivity index (χ0n) is 21.7. The summed E-state index contributed by atoms with van der Waals surface area (Å²) in [6.07, 6.45) is 0.351. The number of rotatable bonds is 7. The molecule has 212 valence electrons. The van der Waals surface area contributed by atoms with Crippen LogP contribution in [-0.2, 0) is 11.0 Å². The van der Waals surface area contributed by atoms with E-state index in [4.69, 9.17) is 23.2 Å². The quantitative estimate of drug-likeness (QED) is 0.379. The van der Waals surface area contributed by atoms with Gasteiger partial charge in [0.15, 0.2) is 11.5 Å². The summed E-state index contributed by atoms with van der Waals surface area (Å²) in [5, 5.41) is 13.4. The van der Waals surface area contributed by atoms with Crippen LogP contribution in [-0.4, -0.2) is 55.0 Å². The fourth-order valence-corrected chi connectivity index (χ4v) is 6.17. The van der Waals surface area contributed by atoms with E-state index >= 15 is 0 Å². The second kappa shape index (κ2) is 10.4. The van der Waals surface area contributed by atoms with Crippen LogP contribution in [0, 0.1) is 10.8 Å². The van der Waals surface area contributed by atoms with Crippen LogP contribution < -0.4 is 0 Å². The van der Waals surface area contributed by atoms with Gasteiger partial charge in [0.25, 0.3) is 5.91 Å². The van der Waals surface area contributed by atoms with Gasteiger partial charge >= 0.3 is 12.1 Å². The zero-order valence-corrected chi connectivity index (χ0v) is 23.2. The smallest absolute Gasteiger partial charge is 0.433 e. The maximum atomic E-state index is 14.4. The molecule has 0 spiro atoms. The zero-order chi connectivity index (χ0) is 28.9. The van der Waals surface area contributed by atoms with Crippen LogP contribution >= 0.6 is 23.2 Å². The normalized spacial score (nSPS) is 24.6. The third-order valence-electron chi connectivity index (χ3n) is 8.26. The number of carboxylic acid groups (broad SMARTS) is 1.